The molecular formula is C18H18N2O6S. The van der Waals surface area contributed by atoms with Crippen LogP contribution >= 0.6 is 0 Å². The topological polar surface area (TPSA) is 102 Å². The van der Waals surface area contributed by atoms with Crippen LogP contribution in [-0.4, -0.2) is 40.2 Å². The summed E-state index contributed by atoms with van der Waals surface area (Å²) in [6.07, 6.45) is -0.466. The summed E-state index contributed by atoms with van der Waals surface area (Å²) in [6, 6.07) is 12.0. The zero-order chi connectivity index (χ0) is 19.4. The van der Waals surface area contributed by atoms with E-state index in [0.717, 1.165) is 0 Å². The maximum Gasteiger partial charge on any atom is 0.414 e. The van der Waals surface area contributed by atoms with Crippen molar-refractivity contribution in [3.05, 3.63) is 54.1 Å². The Morgan fingerprint density at radius 1 is 1.19 bits per heavy atom. The minimum atomic E-state index is -3.93. The Kier molecular flexibility index (Phi) is 5.31. The van der Waals surface area contributed by atoms with Gasteiger partial charge < -0.3 is 9.47 Å². The van der Waals surface area contributed by atoms with Crippen molar-refractivity contribution in [1.29, 1.82) is 0 Å². The first-order valence-electron chi connectivity index (χ1n) is 8.25. The standard InChI is InChI=1S/C18H18N2O6S/c1-2-25-17(21)15-5-3-4-6-16(15)19-27(23,24)14-9-7-13(8-10-14)20-11-12-26-18(20)22/h3-10,19H,2,11-12H2,1H3. The summed E-state index contributed by atoms with van der Waals surface area (Å²) >= 11 is 0. The second kappa shape index (κ2) is 7.67. The number of anilines is 2. The van der Waals surface area contributed by atoms with Gasteiger partial charge in [0.2, 0.25) is 0 Å². The summed E-state index contributed by atoms with van der Waals surface area (Å²) in [4.78, 5) is 25.0. The van der Waals surface area contributed by atoms with Crippen LogP contribution in [-0.2, 0) is 19.5 Å². The lowest BCUT2D eigenvalue weighted by atomic mass is 10.2. The Balaban J connectivity index is 1.83. The van der Waals surface area contributed by atoms with Gasteiger partial charge in [-0.25, -0.2) is 18.0 Å². The summed E-state index contributed by atoms with van der Waals surface area (Å²) in [5.41, 5.74) is 0.797. The van der Waals surface area contributed by atoms with Gasteiger partial charge in [0.25, 0.3) is 10.0 Å². The molecule has 0 aromatic heterocycles. The van der Waals surface area contributed by atoms with Crippen LogP contribution in [0.25, 0.3) is 0 Å². The largest absolute Gasteiger partial charge is 0.462 e. The number of ether oxygens (including phenoxy) is 2. The predicted octanol–water partition coefficient (Wildman–Crippen LogP) is 2.62. The monoisotopic (exact) mass is 390 g/mol. The Hall–Kier alpha value is -3.07. The molecule has 0 bridgehead atoms. The van der Waals surface area contributed by atoms with Crippen LogP contribution < -0.4 is 9.62 Å². The fourth-order valence-electron chi connectivity index (χ4n) is 2.60. The van der Waals surface area contributed by atoms with Crippen molar-refractivity contribution in [2.24, 2.45) is 0 Å². The highest BCUT2D eigenvalue weighted by Crippen LogP contribution is 2.24. The molecule has 0 spiro atoms. The van der Waals surface area contributed by atoms with Crippen LogP contribution in [0, 0.1) is 0 Å². The van der Waals surface area contributed by atoms with Crippen LogP contribution in [0.15, 0.2) is 53.4 Å². The number of amides is 1. The first-order chi connectivity index (χ1) is 12.9. The normalized spacial score (nSPS) is 14.0. The van der Waals surface area contributed by atoms with E-state index >= 15 is 0 Å². The molecule has 1 aliphatic rings. The van der Waals surface area contributed by atoms with Crippen molar-refractivity contribution in [3.63, 3.8) is 0 Å². The molecule has 2 aromatic carbocycles. The van der Waals surface area contributed by atoms with E-state index in [1.807, 2.05) is 0 Å². The number of carbonyl (C=O) groups excluding carboxylic acids is 2. The maximum absolute atomic E-state index is 12.7. The molecule has 8 nitrogen and oxygen atoms in total. The molecular weight excluding hydrogens is 372 g/mol. The van der Waals surface area contributed by atoms with E-state index in [4.69, 9.17) is 9.47 Å². The molecule has 2 aromatic rings. The average Bonchev–Trinajstić information content (AvgIpc) is 3.08. The predicted molar refractivity (Wildman–Crippen MR) is 98.3 cm³/mol. The Bertz CT molecular complexity index is 956. The molecule has 9 heteroatoms. The van der Waals surface area contributed by atoms with Crippen molar-refractivity contribution in [1.82, 2.24) is 0 Å². The van der Waals surface area contributed by atoms with Gasteiger partial charge in [-0.15, -0.1) is 0 Å². The van der Waals surface area contributed by atoms with Crippen molar-refractivity contribution in [2.45, 2.75) is 11.8 Å². The van der Waals surface area contributed by atoms with Crippen molar-refractivity contribution < 1.29 is 27.5 Å². The van der Waals surface area contributed by atoms with E-state index in [2.05, 4.69) is 4.72 Å². The summed E-state index contributed by atoms with van der Waals surface area (Å²) in [7, 11) is -3.93. The summed E-state index contributed by atoms with van der Waals surface area (Å²) in [6.45, 7) is 2.56. The summed E-state index contributed by atoms with van der Waals surface area (Å²) in [5, 5.41) is 0. The fourth-order valence-corrected chi connectivity index (χ4v) is 3.68. The lowest BCUT2D eigenvalue weighted by Crippen LogP contribution is -2.23. The molecule has 1 amide bonds. The molecule has 1 heterocycles. The van der Waals surface area contributed by atoms with Crippen molar-refractivity contribution in [2.75, 3.05) is 29.4 Å². The maximum atomic E-state index is 12.7. The highest BCUT2D eigenvalue weighted by Gasteiger charge is 2.24. The number of hydrogen-bond acceptors (Lipinski definition) is 6. The summed E-state index contributed by atoms with van der Waals surface area (Å²) in [5.74, 6) is -0.612. The number of esters is 1. The van der Waals surface area contributed by atoms with Gasteiger partial charge in [-0.2, -0.15) is 0 Å². The average molecular weight is 390 g/mol. The number of rotatable bonds is 6. The van der Waals surface area contributed by atoms with Gasteiger partial charge in [-0.3, -0.25) is 9.62 Å². The zero-order valence-electron chi connectivity index (χ0n) is 14.5. The van der Waals surface area contributed by atoms with E-state index in [1.165, 1.54) is 41.3 Å². The highest BCUT2D eigenvalue weighted by atomic mass is 32.2. The van der Waals surface area contributed by atoms with Crippen molar-refractivity contribution >= 4 is 33.5 Å². The van der Waals surface area contributed by atoms with Gasteiger partial charge >= 0.3 is 12.1 Å². The molecule has 1 aliphatic heterocycles. The number of benzene rings is 2. The molecule has 1 fully saturated rings. The number of nitrogens with zero attached hydrogens (tertiary/aromatic N) is 1. The molecule has 0 atom stereocenters. The van der Waals surface area contributed by atoms with Crippen LogP contribution in [0.3, 0.4) is 0 Å². The van der Waals surface area contributed by atoms with Gasteiger partial charge in [-0.05, 0) is 43.3 Å². The van der Waals surface area contributed by atoms with Crippen LogP contribution in [0.2, 0.25) is 0 Å². The zero-order valence-corrected chi connectivity index (χ0v) is 15.4. The summed E-state index contributed by atoms with van der Waals surface area (Å²) < 4.78 is 37.5. The number of carbonyl (C=O) groups is 2. The molecule has 0 aliphatic carbocycles. The Morgan fingerprint density at radius 2 is 1.89 bits per heavy atom. The van der Waals surface area contributed by atoms with Crippen LogP contribution in [0.1, 0.15) is 17.3 Å². The second-order valence-corrected chi connectivity index (χ2v) is 7.31. The number of cyclic esters (lactones) is 1. The Labute approximate surface area is 156 Å². The number of sulfonamides is 1. The minimum absolute atomic E-state index is 0.00234. The lowest BCUT2D eigenvalue weighted by Gasteiger charge is -2.14. The lowest BCUT2D eigenvalue weighted by molar-refractivity contribution is 0.0527. The van der Waals surface area contributed by atoms with E-state index in [0.29, 0.717) is 18.8 Å². The minimum Gasteiger partial charge on any atom is -0.462 e. The molecule has 0 unspecified atom stereocenters. The van der Waals surface area contributed by atoms with Gasteiger partial charge in [0.05, 0.1) is 29.3 Å². The third-order valence-corrected chi connectivity index (χ3v) is 5.27. The highest BCUT2D eigenvalue weighted by molar-refractivity contribution is 7.92. The van der Waals surface area contributed by atoms with Gasteiger partial charge in [-0.1, -0.05) is 12.1 Å². The first-order valence-corrected chi connectivity index (χ1v) is 9.74. The van der Waals surface area contributed by atoms with Gasteiger partial charge in [0.15, 0.2) is 0 Å². The van der Waals surface area contributed by atoms with E-state index in [1.54, 1.807) is 19.1 Å². The van der Waals surface area contributed by atoms with Crippen LogP contribution in [0.5, 0.6) is 0 Å². The van der Waals surface area contributed by atoms with Crippen LogP contribution in [0.4, 0.5) is 16.2 Å². The smallest absolute Gasteiger partial charge is 0.414 e. The molecule has 3 rings (SSSR count). The SMILES string of the molecule is CCOC(=O)c1ccccc1NS(=O)(=O)c1ccc(N2CCOC2=O)cc1. The van der Waals surface area contributed by atoms with Gasteiger partial charge in [0, 0.05) is 5.69 Å². The number of hydrogen-bond donors (Lipinski definition) is 1. The molecule has 1 N–H and O–H groups in total. The van der Waals surface area contributed by atoms with E-state index in [-0.39, 0.29) is 22.8 Å². The van der Waals surface area contributed by atoms with E-state index < -0.39 is 22.1 Å². The molecule has 142 valence electrons. The van der Waals surface area contributed by atoms with Crippen molar-refractivity contribution in [3.8, 4) is 0 Å². The third-order valence-electron chi connectivity index (χ3n) is 3.89. The second-order valence-electron chi connectivity index (χ2n) is 5.63. The fraction of sp³-hybridized carbons (Fsp3) is 0.222. The molecule has 1 saturated heterocycles. The molecule has 0 radical (unpaired) electrons. The Morgan fingerprint density at radius 3 is 2.52 bits per heavy atom. The first kappa shape index (κ1) is 18.7. The molecule has 0 saturated carbocycles. The molecule has 27 heavy (non-hydrogen) atoms. The number of nitrogens with one attached hydrogen (secondary N) is 1. The van der Waals surface area contributed by atoms with Gasteiger partial charge in [0.1, 0.15) is 6.61 Å². The third kappa shape index (κ3) is 4.03. The number of para-hydroxylation sites is 1. The quantitative estimate of drug-likeness (QED) is 0.761. The van der Waals surface area contributed by atoms with E-state index in [9.17, 15) is 18.0 Å².